The van der Waals surface area contributed by atoms with Crippen LogP contribution in [0.1, 0.15) is 0 Å². The maximum atomic E-state index is 12.6. The maximum absolute atomic E-state index is 12.6. The van der Waals surface area contributed by atoms with Gasteiger partial charge in [0.15, 0.2) is 0 Å². The summed E-state index contributed by atoms with van der Waals surface area (Å²) in [4.78, 5) is 10.8. The number of aromatic nitrogens is 2. The Kier molecular flexibility index (Phi) is 3.95. The third-order valence-electron chi connectivity index (χ3n) is 4.15. The number of benzene rings is 1. The number of piperazine rings is 1. The minimum Gasteiger partial charge on any atom is -0.353 e. The lowest BCUT2D eigenvalue weighted by Crippen LogP contribution is -2.48. The molecule has 1 aliphatic rings. The number of nitrogens with zero attached hydrogens (tertiary/aromatic N) is 4. The molecule has 6 nitrogen and oxygen atoms in total. The Labute approximate surface area is 144 Å². The van der Waals surface area contributed by atoms with Gasteiger partial charge in [0.1, 0.15) is 16.4 Å². The molecule has 1 saturated heterocycles. The van der Waals surface area contributed by atoms with Crippen LogP contribution in [0.25, 0.3) is 10.9 Å². The first-order chi connectivity index (χ1) is 11.7. The van der Waals surface area contributed by atoms with Crippen molar-refractivity contribution in [2.24, 2.45) is 0 Å². The Bertz CT molecular complexity index is 944. The van der Waals surface area contributed by atoms with Gasteiger partial charge in [-0.05, 0) is 23.6 Å². The van der Waals surface area contributed by atoms with Crippen LogP contribution in [0.4, 0.5) is 5.82 Å². The van der Waals surface area contributed by atoms with E-state index in [4.69, 9.17) is 0 Å². The molecule has 24 heavy (non-hydrogen) atoms. The molecule has 4 rings (SSSR count). The highest BCUT2D eigenvalue weighted by atomic mass is 32.2. The fourth-order valence-corrected chi connectivity index (χ4v) is 5.49. The number of hydrogen-bond donors (Lipinski definition) is 0. The number of rotatable bonds is 3. The summed E-state index contributed by atoms with van der Waals surface area (Å²) in [5.74, 6) is 0.869. The Hall–Kier alpha value is -2.03. The summed E-state index contributed by atoms with van der Waals surface area (Å²) >= 11 is 1.26. The SMILES string of the molecule is O=S(=O)(c1cccs1)N1CCN(c2ncnc3ccccc23)CC1. The molecule has 1 aromatic carbocycles. The molecule has 0 aliphatic carbocycles. The monoisotopic (exact) mass is 360 g/mol. The van der Waals surface area contributed by atoms with Crippen molar-refractivity contribution in [3.05, 3.63) is 48.1 Å². The van der Waals surface area contributed by atoms with Crippen molar-refractivity contribution in [1.29, 1.82) is 0 Å². The predicted molar refractivity (Wildman–Crippen MR) is 94.8 cm³/mol. The van der Waals surface area contributed by atoms with E-state index >= 15 is 0 Å². The van der Waals surface area contributed by atoms with Gasteiger partial charge in [-0.25, -0.2) is 18.4 Å². The number of thiophene rings is 1. The molecule has 124 valence electrons. The minimum absolute atomic E-state index is 0.406. The highest BCUT2D eigenvalue weighted by molar-refractivity contribution is 7.91. The summed E-state index contributed by atoms with van der Waals surface area (Å²) in [5.41, 5.74) is 0.899. The molecule has 1 fully saturated rings. The van der Waals surface area contributed by atoms with Crippen molar-refractivity contribution in [3.63, 3.8) is 0 Å². The van der Waals surface area contributed by atoms with E-state index in [2.05, 4.69) is 14.9 Å². The van der Waals surface area contributed by atoms with Gasteiger partial charge in [0, 0.05) is 31.6 Å². The molecule has 3 heterocycles. The van der Waals surface area contributed by atoms with Crippen LogP contribution < -0.4 is 4.90 Å². The average Bonchev–Trinajstić information content (AvgIpc) is 3.17. The van der Waals surface area contributed by atoms with Crippen molar-refractivity contribution < 1.29 is 8.42 Å². The Morgan fingerprint density at radius 1 is 0.958 bits per heavy atom. The molecule has 8 heteroatoms. The van der Waals surface area contributed by atoms with Crippen LogP contribution in [-0.4, -0.2) is 48.9 Å². The Morgan fingerprint density at radius 3 is 2.50 bits per heavy atom. The summed E-state index contributed by atoms with van der Waals surface area (Å²) in [7, 11) is -3.37. The molecule has 0 amide bonds. The zero-order valence-electron chi connectivity index (χ0n) is 12.9. The van der Waals surface area contributed by atoms with Crippen molar-refractivity contribution in [3.8, 4) is 0 Å². The first kappa shape index (κ1) is 15.5. The van der Waals surface area contributed by atoms with Crippen LogP contribution in [0.5, 0.6) is 0 Å². The highest BCUT2D eigenvalue weighted by Gasteiger charge is 2.29. The first-order valence-electron chi connectivity index (χ1n) is 7.64. The summed E-state index contributed by atoms with van der Waals surface area (Å²) in [5, 5.41) is 2.78. The van der Waals surface area contributed by atoms with Crippen LogP contribution in [0.3, 0.4) is 0 Å². The molecule has 0 N–H and O–H groups in total. The quantitative estimate of drug-likeness (QED) is 0.716. The molecule has 0 radical (unpaired) electrons. The minimum atomic E-state index is -3.37. The van der Waals surface area contributed by atoms with Gasteiger partial charge < -0.3 is 4.90 Å². The van der Waals surface area contributed by atoms with Crippen LogP contribution in [0.2, 0.25) is 0 Å². The average molecular weight is 360 g/mol. The lowest BCUT2D eigenvalue weighted by molar-refractivity contribution is 0.385. The van der Waals surface area contributed by atoms with Gasteiger partial charge in [0.25, 0.3) is 10.0 Å². The normalized spacial score (nSPS) is 16.6. The third-order valence-corrected chi connectivity index (χ3v) is 7.42. The Balaban J connectivity index is 1.56. The fourth-order valence-electron chi connectivity index (χ4n) is 2.92. The van der Waals surface area contributed by atoms with E-state index in [-0.39, 0.29) is 0 Å². The molecule has 2 aromatic heterocycles. The number of anilines is 1. The maximum Gasteiger partial charge on any atom is 0.252 e. The van der Waals surface area contributed by atoms with E-state index in [0.29, 0.717) is 30.4 Å². The van der Waals surface area contributed by atoms with Crippen LogP contribution in [0, 0.1) is 0 Å². The second kappa shape index (κ2) is 6.12. The van der Waals surface area contributed by atoms with Crippen molar-refractivity contribution in [2.75, 3.05) is 31.1 Å². The van der Waals surface area contributed by atoms with Gasteiger partial charge in [-0.15, -0.1) is 11.3 Å². The number of hydrogen-bond acceptors (Lipinski definition) is 6. The highest BCUT2D eigenvalue weighted by Crippen LogP contribution is 2.26. The van der Waals surface area contributed by atoms with E-state index < -0.39 is 10.0 Å². The van der Waals surface area contributed by atoms with Gasteiger partial charge in [0.2, 0.25) is 0 Å². The van der Waals surface area contributed by atoms with Gasteiger partial charge in [0.05, 0.1) is 5.52 Å². The molecule has 0 atom stereocenters. The van der Waals surface area contributed by atoms with Crippen molar-refractivity contribution >= 4 is 38.1 Å². The summed E-state index contributed by atoms with van der Waals surface area (Å²) < 4.78 is 27.2. The van der Waals surface area contributed by atoms with Gasteiger partial charge >= 0.3 is 0 Å². The zero-order valence-corrected chi connectivity index (χ0v) is 14.5. The Morgan fingerprint density at radius 2 is 1.75 bits per heavy atom. The van der Waals surface area contributed by atoms with Gasteiger partial charge in [-0.1, -0.05) is 18.2 Å². The lowest BCUT2D eigenvalue weighted by atomic mass is 10.2. The molecule has 0 unspecified atom stereocenters. The van der Waals surface area contributed by atoms with Gasteiger partial charge in [-0.2, -0.15) is 4.31 Å². The standard InChI is InChI=1S/C16H16N4O2S2/c21-24(22,15-6-3-11-23-15)20-9-7-19(8-10-20)16-13-4-1-2-5-14(13)17-12-18-16/h1-6,11-12H,7-10H2. The first-order valence-corrected chi connectivity index (χ1v) is 9.96. The number of fused-ring (bicyclic) bond motifs is 1. The summed E-state index contributed by atoms with van der Waals surface area (Å²) in [6.45, 7) is 2.15. The second-order valence-electron chi connectivity index (χ2n) is 5.54. The van der Waals surface area contributed by atoms with Crippen LogP contribution in [0.15, 0.2) is 52.3 Å². The molecular formula is C16H16N4O2S2. The molecule has 0 saturated carbocycles. The van der Waals surface area contributed by atoms with E-state index in [1.54, 1.807) is 28.1 Å². The molecule has 0 bridgehead atoms. The van der Waals surface area contributed by atoms with Crippen LogP contribution >= 0.6 is 11.3 Å². The third kappa shape index (κ3) is 2.66. The predicted octanol–water partition coefficient (Wildman–Crippen LogP) is 2.20. The van der Waals surface area contributed by atoms with Crippen LogP contribution in [-0.2, 0) is 10.0 Å². The van der Waals surface area contributed by atoms with E-state index in [0.717, 1.165) is 16.7 Å². The zero-order chi connectivity index (χ0) is 16.6. The molecule has 0 spiro atoms. The fraction of sp³-hybridized carbons (Fsp3) is 0.250. The summed E-state index contributed by atoms with van der Waals surface area (Å²) in [6.07, 6.45) is 1.56. The topological polar surface area (TPSA) is 66.4 Å². The molecule has 1 aliphatic heterocycles. The lowest BCUT2D eigenvalue weighted by Gasteiger charge is -2.34. The van der Waals surface area contributed by atoms with E-state index in [1.165, 1.54) is 11.3 Å². The van der Waals surface area contributed by atoms with E-state index in [9.17, 15) is 8.42 Å². The molecular weight excluding hydrogens is 344 g/mol. The summed E-state index contributed by atoms with van der Waals surface area (Å²) in [6, 6.07) is 11.3. The van der Waals surface area contributed by atoms with E-state index in [1.807, 2.05) is 24.3 Å². The van der Waals surface area contributed by atoms with Crippen molar-refractivity contribution in [2.45, 2.75) is 4.21 Å². The molecule has 3 aromatic rings. The van der Waals surface area contributed by atoms with Crippen molar-refractivity contribution in [1.82, 2.24) is 14.3 Å². The number of para-hydroxylation sites is 1. The second-order valence-corrected chi connectivity index (χ2v) is 8.65. The number of sulfonamides is 1. The largest absolute Gasteiger partial charge is 0.353 e. The smallest absolute Gasteiger partial charge is 0.252 e. The van der Waals surface area contributed by atoms with Gasteiger partial charge in [-0.3, -0.25) is 0 Å².